The Balaban J connectivity index is 2.21. The number of anilines is 1. The van der Waals surface area contributed by atoms with E-state index in [1.54, 1.807) is 0 Å². The van der Waals surface area contributed by atoms with E-state index in [-0.39, 0.29) is 18.7 Å². The maximum Gasteiger partial charge on any atom is 0.417 e. The zero-order valence-corrected chi connectivity index (χ0v) is 15.4. The highest BCUT2D eigenvalue weighted by Crippen LogP contribution is 2.33. The van der Waals surface area contributed by atoms with Gasteiger partial charge in [-0.1, -0.05) is 17.8 Å². The second-order valence-electron chi connectivity index (χ2n) is 6.03. The second-order valence-corrected chi connectivity index (χ2v) is 6.03. The van der Waals surface area contributed by atoms with Gasteiger partial charge in [-0.3, -0.25) is 9.48 Å². The molecule has 2 rings (SSSR count). The molecule has 30 heavy (non-hydrogen) atoms. The monoisotopic (exact) mass is 416 g/mol. The first-order chi connectivity index (χ1) is 14.1. The molecule has 7 nitrogen and oxygen atoms in total. The van der Waals surface area contributed by atoms with Crippen molar-refractivity contribution >= 4 is 11.6 Å². The van der Waals surface area contributed by atoms with Gasteiger partial charge in [0.1, 0.15) is 0 Å². The third kappa shape index (κ3) is 5.39. The normalized spacial score (nSPS) is 12.6. The van der Waals surface area contributed by atoms with Crippen LogP contribution in [-0.2, 0) is 17.5 Å². The van der Waals surface area contributed by atoms with Crippen molar-refractivity contribution < 1.29 is 28.2 Å². The molecular formula is C20H15F3N4O3. The van der Waals surface area contributed by atoms with Gasteiger partial charge in [0.05, 0.1) is 42.1 Å². The smallest absolute Gasteiger partial charge is 0.395 e. The molecule has 0 fully saturated rings. The summed E-state index contributed by atoms with van der Waals surface area (Å²) in [7, 11) is 0. The Kier molecular flexibility index (Phi) is 6.86. The number of carbonyl (C=O) groups is 1. The number of aromatic nitrogens is 2. The molecular weight excluding hydrogens is 401 g/mol. The number of hydrogen-bond acceptors (Lipinski definition) is 5. The molecule has 1 aromatic carbocycles. The highest BCUT2D eigenvalue weighted by Gasteiger charge is 2.37. The lowest BCUT2D eigenvalue weighted by Gasteiger charge is -2.21. The van der Waals surface area contributed by atoms with Crippen molar-refractivity contribution in [3.8, 4) is 30.3 Å². The van der Waals surface area contributed by atoms with Crippen LogP contribution in [0.3, 0.4) is 0 Å². The number of amides is 1. The lowest BCUT2D eigenvalue weighted by molar-refractivity contribution is -0.137. The molecule has 154 valence electrons. The Bertz CT molecular complexity index is 1080. The zero-order chi connectivity index (χ0) is 22.4. The van der Waals surface area contributed by atoms with E-state index < -0.39 is 35.4 Å². The van der Waals surface area contributed by atoms with E-state index >= 15 is 0 Å². The summed E-state index contributed by atoms with van der Waals surface area (Å²) in [5.41, 5.74) is -4.11. The maximum absolute atomic E-state index is 13.1. The van der Waals surface area contributed by atoms with Gasteiger partial charge < -0.3 is 15.5 Å². The molecule has 1 amide bonds. The molecule has 0 bridgehead atoms. The van der Waals surface area contributed by atoms with Crippen LogP contribution in [-0.4, -0.2) is 38.1 Å². The van der Waals surface area contributed by atoms with Crippen molar-refractivity contribution in [2.45, 2.75) is 24.7 Å². The fraction of sp³-hybridized carbons (Fsp3) is 0.250. The summed E-state index contributed by atoms with van der Waals surface area (Å²) in [4.78, 5) is 12.5. The van der Waals surface area contributed by atoms with Crippen molar-refractivity contribution in [3.05, 3.63) is 47.3 Å². The molecule has 0 aliphatic heterocycles. The molecule has 0 aliphatic rings. The van der Waals surface area contributed by atoms with Crippen LogP contribution in [0, 0.1) is 35.5 Å². The summed E-state index contributed by atoms with van der Waals surface area (Å²) in [6, 6.07) is 4.00. The number of nitriles is 1. The predicted molar refractivity (Wildman–Crippen MR) is 99.4 cm³/mol. The van der Waals surface area contributed by atoms with Gasteiger partial charge in [-0.2, -0.15) is 23.5 Å². The molecule has 0 spiro atoms. The van der Waals surface area contributed by atoms with Crippen LogP contribution in [0.4, 0.5) is 18.9 Å². The number of nitrogens with zero attached hydrogens (tertiary/aromatic N) is 3. The minimum absolute atomic E-state index is 0.108. The summed E-state index contributed by atoms with van der Waals surface area (Å²) < 4.78 is 40.4. The molecule has 0 radical (unpaired) electrons. The molecule has 10 heteroatoms. The van der Waals surface area contributed by atoms with Gasteiger partial charge in [0.15, 0.2) is 0 Å². The Hall–Kier alpha value is -3.78. The largest absolute Gasteiger partial charge is 0.417 e. The van der Waals surface area contributed by atoms with Gasteiger partial charge in [-0.05, 0) is 18.2 Å². The number of terminal acetylenes is 1. The highest BCUT2D eigenvalue weighted by molar-refractivity contribution is 5.99. The number of aliphatic hydroxyl groups excluding tert-OH is 1. The van der Waals surface area contributed by atoms with Crippen LogP contribution in [0.1, 0.15) is 23.1 Å². The van der Waals surface area contributed by atoms with Crippen LogP contribution >= 0.6 is 0 Å². The highest BCUT2D eigenvalue weighted by atomic mass is 19.4. The molecule has 2 aromatic rings. The number of carbonyl (C=O) groups excluding carboxylic acids is 1. The lowest BCUT2D eigenvalue weighted by atomic mass is 10.0. The van der Waals surface area contributed by atoms with E-state index in [1.807, 2.05) is 5.92 Å². The van der Waals surface area contributed by atoms with E-state index in [0.717, 1.165) is 16.8 Å². The van der Waals surface area contributed by atoms with E-state index in [1.165, 1.54) is 18.5 Å². The van der Waals surface area contributed by atoms with Crippen LogP contribution < -0.4 is 5.32 Å². The number of halogens is 3. The SMILES string of the molecule is C#CC(O)(Cn1cc(C#CCCO)cn1)C(=O)Nc1ccc(C#N)c(C(F)(F)F)c1. The van der Waals surface area contributed by atoms with Crippen molar-refractivity contribution in [2.24, 2.45) is 0 Å². The zero-order valence-electron chi connectivity index (χ0n) is 15.4. The first-order valence-corrected chi connectivity index (χ1v) is 8.38. The van der Waals surface area contributed by atoms with Gasteiger partial charge >= 0.3 is 6.18 Å². The van der Waals surface area contributed by atoms with Gasteiger partial charge in [-0.15, -0.1) is 6.42 Å². The van der Waals surface area contributed by atoms with Crippen LogP contribution in [0.15, 0.2) is 30.6 Å². The Labute approximate surface area is 169 Å². The van der Waals surface area contributed by atoms with E-state index in [9.17, 15) is 23.1 Å². The standard InChI is InChI=1S/C20H15F3N4O3/c1-2-19(30,13-27-12-14(11-25-27)5-3-4-8-28)18(29)26-16-7-6-15(10-24)17(9-16)20(21,22)23/h1,6-7,9,11-12,28,30H,4,8,13H2,(H,26,29). The van der Waals surface area contributed by atoms with Crippen molar-refractivity contribution in [1.82, 2.24) is 9.78 Å². The summed E-state index contributed by atoms with van der Waals surface area (Å²) in [6.45, 7) is -0.594. The van der Waals surface area contributed by atoms with Crippen molar-refractivity contribution in [2.75, 3.05) is 11.9 Å². The molecule has 3 N–H and O–H groups in total. The minimum Gasteiger partial charge on any atom is -0.395 e. The summed E-state index contributed by atoms with van der Waals surface area (Å²) >= 11 is 0. The third-order valence-electron chi connectivity index (χ3n) is 3.81. The van der Waals surface area contributed by atoms with Gasteiger partial charge in [0.2, 0.25) is 5.60 Å². The number of alkyl halides is 3. The summed E-state index contributed by atoms with van der Waals surface area (Å²) in [6.07, 6.45) is 3.49. The van der Waals surface area contributed by atoms with Gasteiger partial charge in [0, 0.05) is 18.3 Å². The quantitative estimate of drug-likeness (QED) is 0.640. The molecule has 1 atom stereocenters. The molecule has 0 saturated heterocycles. The summed E-state index contributed by atoms with van der Waals surface area (Å²) in [5, 5.41) is 34.1. The molecule has 1 heterocycles. The average molecular weight is 416 g/mol. The Morgan fingerprint density at radius 3 is 2.70 bits per heavy atom. The van der Waals surface area contributed by atoms with E-state index in [0.29, 0.717) is 11.6 Å². The topological polar surface area (TPSA) is 111 Å². The first kappa shape index (κ1) is 22.5. The Morgan fingerprint density at radius 2 is 2.10 bits per heavy atom. The molecule has 0 aliphatic carbocycles. The lowest BCUT2D eigenvalue weighted by Crippen LogP contribution is -2.45. The third-order valence-corrected chi connectivity index (χ3v) is 3.81. The van der Waals surface area contributed by atoms with Crippen LogP contribution in [0.25, 0.3) is 0 Å². The fourth-order valence-electron chi connectivity index (χ4n) is 2.34. The van der Waals surface area contributed by atoms with Gasteiger partial charge in [0.25, 0.3) is 5.91 Å². The second kappa shape index (κ2) is 9.15. The number of benzene rings is 1. The number of hydrogen-bond donors (Lipinski definition) is 3. The number of aliphatic hydroxyl groups is 2. The first-order valence-electron chi connectivity index (χ1n) is 8.38. The number of nitrogens with one attached hydrogen (secondary N) is 1. The predicted octanol–water partition coefficient (Wildman–Crippen LogP) is 1.51. The maximum atomic E-state index is 13.1. The van der Waals surface area contributed by atoms with Gasteiger partial charge in [-0.25, -0.2) is 0 Å². The molecule has 1 unspecified atom stereocenters. The van der Waals surface area contributed by atoms with E-state index in [4.69, 9.17) is 16.8 Å². The van der Waals surface area contributed by atoms with Crippen LogP contribution in [0.5, 0.6) is 0 Å². The van der Waals surface area contributed by atoms with Crippen LogP contribution in [0.2, 0.25) is 0 Å². The Morgan fingerprint density at radius 1 is 1.37 bits per heavy atom. The minimum atomic E-state index is -4.81. The number of rotatable bonds is 5. The molecule has 1 aromatic heterocycles. The van der Waals surface area contributed by atoms with Crippen molar-refractivity contribution in [3.63, 3.8) is 0 Å². The fourth-order valence-corrected chi connectivity index (χ4v) is 2.34. The summed E-state index contributed by atoms with van der Waals surface area (Å²) in [5.74, 6) is 6.15. The average Bonchev–Trinajstić information content (AvgIpc) is 3.14. The van der Waals surface area contributed by atoms with E-state index in [2.05, 4.69) is 22.3 Å². The molecule has 0 saturated carbocycles. The van der Waals surface area contributed by atoms with Crippen molar-refractivity contribution in [1.29, 1.82) is 5.26 Å².